The van der Waals surface area contributed by atoms with E-state index in [0.717, 1.165) is 5.69 Å². The van der Waals surface area contributed by atoms with E-state index in [9.17, 15) is 0 Å². The molecule has 2 rings (SSSR count). The lowest BCUT2D eigenvalue weighted by molar-refractivity contribution is 0.385. The zero-order valence-corrected chi connectivity index (χ0v) is 8.01. The van der Waals surface area contributed by atoms with Crippen molar-refractivity contribution >= 4 is 0 Å². The lowest BCUT2D eigenvalue weighted by Crippen LogP contribution is -2.16. The van der Waals surface area contributed by atoms with Gasteiger partial charge in [0.25, 0.3) is 0 Å². The highest BCUT2D eigenvalue weighted by Crippen LogP contribution is 2.15. The third-order valence-electron chi connectivity index (χ3n) is 1.99. The lowest BCUT2D eigenvalue weighted by atomic mass is 10.2. The predicted molar refractivity (Wildman–Crippen MR) is 48.3 cm³/mol. The molecule has 74 valence electrons. The quantitative estimate of drug-likeness (QED) is 0.734. The summed E-state index contributed by atoms with van der Waals surface area (Å²) in [4.78, 5) is 8.04. The van der Waals surface area contributed by atoms with Gasteiger partial charge in [-0.15, -0.1) is 0 Å². The number of aryl methyl sites for hydroxylation is 2. The number of hydrogen-bond acceptors (Lipinski definition) is 5. The molecule has 0 aliphatic rings. The van der Waals surface area contributed by atoms with Crippen LogP contribution in [0, 0.1) is 6.92 Å². The molecule has 0 spiro atoms. The van der Waals surface area contributed by atoms with Gasteiger partial charge in [0.2, 0.25) is 5.89 Å². The molecule has 0 radical (unpaired) electrons. The fraction of sp³-hybridized carbons (Fsp3) is 0.375. The van der Waals surface area contributed by atoms with Gasteiger partial charge in [0.15, 0.2) is 5.82 Å². The molecule has 0 aliphatic carbocycles. The zero-order valence-electron chi connectivity index (χ0n) is 8.01. The molecule has 1 atom stereocenters. The van der Waals surface area contributed by atoms with Crippen molar-refractivity contribution in [3.63, 3.8) is 0 Å². The summed E-state index contributed by atoms with van der Waals surface area (Å²) in [5.74, 6) is 0.990. The number of aromatic nitrogens is 4. The third kappa shape index (κ3) is 1.39. The van der Waals surface area contributed by atoms with Crippen LogP contribution in [0.3, 0.4) is 0 Å². The molecular formula is C8H11N5O. The fourth-order valence-corrected chi connectivity index (χ4v) is 1.24. The van der Waals surface area contributed by atoms with Gasteiger partial charge >= 0.3 is 0 Å². The Morgan fingerprint density at radius 3 is 2.86 bits per heavy atom. The summed E-state index contributed by atoms with van der Waals surface area (Å²) < 4.78 is 6.68. The molecule has 0 amide bonds. The van der Waals surface area contributed by atoms with Crippen LogP contribution in [0.25, 0.3) is 0 Å². The van der Waals surface area contributed by atoms with Crippen molar-refractivity contribution < 1.29 is 4.52 Å². The maximum atomic E-state index is 5.93. The van der Waals surface area contributed by atoms with Crippen LogP contribution in [0.2, 0.25) is 0 Å². The normalized spacial score (nSPS) is 13.1. The first-order valence-corrected chi connectivity index (χ1v) is 4.20. The van der Waals surface area contributed by atoms with Crippen molar-refractivity contribution in [2.24, 2.45) is 12.8 Å². The Morgan fingerprint density at radius 2 is 2.36 bits per heavy atom. The zero-order chi connectivity index (χ0) is 10.1. The van der Waals surface area contributed by atoms with Gasteiger partial charge < -0.3 is 14.8 Å². The van der Waals surface area contributed by atoms with Crippen molar-refractivity contribution in [2.45, 2.75) is 13.0 Å². The summed E-state index contributed by atoms with van der Waals surface area (Å²) in [5, 5.41) is 3.76. The van der Waals surface area contributed by atoms with Crippen molar-refractivity contribution in [3.8, 4) is 0 Å². The van der Waals surface area contributed by atoms with Gasteiger partial charge in [-0.3, -0.25) is 0 Å². The summed E-state index contributed by atoms with van der Waals surface area (Å²) in [6.07, 6.45) is 3.37. The molecule has 0 fully saturated rings. The van der Waals surface area contributed by atoms with Crippen LogP contribution in [-0.4, -0.2) is 19.7 Å². The number of rotatable bonds is 2. The highest BCUT2D eigenvalue weighted by Gasteiger charge is 2.17. The molecular weight excluding hydrogens is 182 g/mol. The van der Waals surface area contributed by atoms with E-state index in [4.69, 9.17) is 10.3 Å². The first kappa shape index (κ1) is 8.89. The van der Waals surface area contributed by atoms with Gasteiger partial charge in [0.05, 0.1) is 18.2 Å². The first-order chi connectivity index (χ1) is 6.68. The van der Waals surface area contributed by atoms with Crippen molar-refractivity contribution in [1.29, 1.82) is 0 Å². The van der Waals surface area contributed by atoms with Gasteiger partial charge in [-0.05, 0) is 0 Å². The Hall–Kier alpha value is -1.69. The number of nitrogens with two attached hydrogens (primary N) is 1. The van der Waals surface area contributed by atoms with E-state index in [-0.39, 0.29) is 6.04 Å². The summed E-state index contributed by atoms with van der Waals surface area (Å²) in [5.41, 5.74) is 6.78. The smallest absolute Gasteiger partial charge is 0.223 e. The molecule has 2 aromatic heterocycles. The standard InChI is InChI=1S/C8H11N5O/c1-5-11-8(12-14-5)7(9)6-3-10-4-13(6)2/h3-4,7H,9H2,1-2H3. The Kier molecular flexibility index (Phi) is 2.05. The Labute approximate surface area is 80.7 Å². The van der Waals surface area contributed by atoms with Crippen LogP contribution in [0.5, 0.6) is 0 Å². The fourth-order valence-electron chi connectivity index (χ4n) is 1.24. The minimum absolute atomic E-state index is 0.389. The monoisotopic (exact) mass is 193 g/mol. The minimum Gasteiger partial charge on any atom is -0.340 e. The van der Waals surface area contributed by atoms with Crippen molar-refractivity contribution in [1.82, 2.24) is 19.7 Å². The first-order valence-electron chi connectivity index (χ1n) is 4.20. The third-order valence-corrected chi connectivity index (χ3v) is 1.99. The highest BCUT2D eigenvalue weighted by molar-refractivity contribution is 5.13. The van der Waals surface area contributed by atoms with Crippen molar-refractivity contribution in [2.75, 3.05) is 0 Å². The van der Waals surface area contributed by atoms with E-state index in [1.807, 2.05) is 11.6 Å². The van der Waals surface area contributed by atoms with Crippen LogP contribution in [0.15, 0.2) is 17.0 Å². The molecule has 2 N–H and O–H groups in total. The topological polar surface area (TPSA) is 82.8 Å². The van der Waals surface area contributed by atoms with Gasteiger partial charge in [0.1, 0.15) is 6.04 Å². The van der Waals surface area contributed by atoms with Crippen molar-refractivity contribution in [3.05, 3.63) is 29.9 Å². The SMILES string of the molecule is Cc1nc(C(N)c2cncn2C)no1. The largest absolute Gasteiger partial charge is 0.340 e. The van der Waals surface area contributed by atoms with Crippen LogP contribution in [0.4, 0.5) is 0 Å². The average molecular weight is 193 g/mol. The Balaban J connectivity index is 2.33. The van der Waals surface area contributed by atoms with Crippen LogP contribution >= 0.6 is 0 Å². The molecule has 0 saturated carbocycles. The maximum absolute atomic E-state index is 5.93. The lowest BCUT2D eigenvalue weighted by Gasteiger charge is -2.06. The van der Waals surface area contributed by atoms with Crippen LogP contribution in [0.1, 0.15) is 23.5 Å². The Morgan fingerprint density at radius 1 is 1.57 bits per heavy atom. The highest BCUT2D eigenvalue weighted by atomic mass is 16.5. The minimum atomic E-state index is -0.389. The molecule has 0 bridgehead atoms. The number of hydrogen-bond donors (Lipinski definition) is 1. The van der Waals surface area contributed by atoms with Gasteiger partial charge in [-0.2, -0.15) is 4.98 Å². The summed E-state index contributed by atoms with van der Waals surface area (Å²) in [7, 11) is 1.87. The van der Waals surface area contributed by atoms with Gasteiger partial charge in [-0.1, -0.05) is 5.16 Å². The van der Waals surface area contributed by atoms with E-state index in [1.165, 1.54) is 0 Å². The van der Waals surface area contributed by atoms with E-state index in [2.05, 4.69) is 15.1 Å². The van der Waals surface area contributed by atoms with Crippen LogP contribution in [-0.2, 0) is 7.05 Å². The summed E-state index contributed by atoms with van der Waals surface area (Å²) in [6, 6.07) is -0.389. The van der Waals surface area contributed by atoms with Gasteiger partial charge in [-0.25, -0.2) is 4.98 Å². The predicted octanol–water partition coefficient (Wildman–Crippen LogP) is 0.160. The molecule has 6 nitrogen and oxygen atoms in total. The van der Waals surface area contributed by atoms with Crippen LogP contribution < -0.4 is 5.73 Å². The second-order valence-corrected chi connectivity index (χ2v) is 3.08. The molecule has 0 aromatic carbocycles. The Bertz CT molecular complexity index is 432. The van der Waals surface area contributed by atoms with E-state index >= 15 is 0 Å². The summed E-state index contributed by atoms with van der Waals surface area (Å²) in [6.45, 7) is 1.73. The molecule has 2 heterocycles. The molecule has 0 saturated heterocycles. The summed E-state index contributed by atoms with van der Waals surface area (Å²) >= 11 is 0. The van der Waals surface area contributed by atoms with Gasteiger partial charge in [0, 0.05) is 14.0 Å². The molecule has 1 unspecified atom stereocenters. The molecule has 14 heavy (non-hydrogen) atoms. The average Bonchev–Trinajstić information content (AvgIpc) is 2.73. The molecule has 0 aliphatic heterocycles. The number of nitrogens with zero attached hydrogens (tertiary/aromatic N) is 4. The van der Waals surface area contributed by atoms with E-state index in [1.54, 1.807) is 19.4 Å². The molecule has 6 heteroatoms. The molecule has 2 aromatic rings. The van der Waals surface area contributed by atoms with E-state index in [0.29, 0.717) is 11.7 Å². The second-order valence-electron chi connectivity index (χ2n) is 3.08. The second kappa shape index (κ2) is 3.22. The van der Waals surface area contributed by atoms with E-state index < -0.39 is 0 Å². The number of imidazole rings is 1. The maximum Gasteiger partial charge on any atom is 0.223 e.